The molecular weight excluding hydrogens is 317 g/mol. The summed E-state index contributed by atoms with van der Waals surface area (Å²) in [5.41, 5.74) is -0.242. The van der Waals surface area contributed by atoms with Gasteiger partial charge >= 0.3 is 5.97 Å². The highest BCUT2D eigenvalue weighted by Gasteiger charge is 2.15. The fraction of sp³-hybridized carbons (Fsp3) is 0.222. The topological polar surface area (TPSA) is 72.5 Å². The first-order valence-electron chi connectivity index (χ1n) is 4.34. The Labute approximate surface area is 106 Å². The number of esters is 1. The zero-order valence-electron chi connectivity index (χ0n) is 8.74. The third-order valence-corrected chi connectivity index (χ3v) is 4.43. The Hall–Kier alpha value is -1.15. The van der Waals surface area contributed by atoms with Crippen LogP contribution in [0.2, 0.25) is 0 Å². The smallest absolute Gasteiger partial charge is 0.340 e. The third kappa shape index (κ3) is 3.67. The van der Waals surface area contributed by atoms with Crippen LogP contribution in [0.25, 0.3) is 0 Å². The maximum atomic E-state index is 13.2. The van der Waals surface area contributed by atoms with E-state index in [4.69, 9.17) is 0 Å². The molecule has 0 fully saturated rings. The highest BCUT2D eigenvalue weighted by molar-refractivity contribution is 9.10. The molecule has 1 N–H and O–H groups in total. The van der Waals surface area contributed by atoms with Crippen LogP contribution in [-0.2, 0) is 14.8 Å². The molecule has 1 rings (SSSR count). The number of hydrogen-bond donors (Lipinski definition) is 1. The predicted molar refractivity (Wildman–Crippen MR) is 64.1 cm³/mol. The van der Waals surface area contributed by atoms with Gasteiger partial charge in [-0.05, 0) is 18.2 Å². The van der Waals surface area contributed by atoms with Gasteiger partial charge in [-0.3, -0.25) is 4.72 Å². The van der Waals surface area contributed by atoms with Gasteiger partial charge in [0.05, 0.1) is 12.7 Å². The molecule has 5 nitrogen and oxygen atoms in total. The first-order valence-corrected chi connectivity index (χ1v) is 7.11. The Bertz CT molecular complexity index is 532. The van der Waals surface area contributed by atoms with Gasteiger partial charge in [-0.2, -0.15) is 0 Å². The van der Waals surface area contributed by atoms with E-state index in [1.165, 1.54) is 6.07 Å². The molecular formula is C9H9BrFNO4S. The summed E-state index contributed by atoms with van der Waals surface area (Å²) in [5.74, 6) is -1.65. The van der Waals surface area contributed by atoms with Gasteiger partial charge in [-0.1, -0.05) is 15.9 Å². The van der Waals surface area contributed by atoms with E-state index >= 15 is 0 Å². The van der Waals surface area contributed by atoms with Crippen molar-refractivity contribution in [2.75, 3.05) is 16.5 Å². The summed E-state index contributed by atoms with van der Waals surface area (Å²) in [6, 6.07) is 3.27. The molecule has 0 aliphatic carbocycles. The number of methoxy groups -OCH3 is 1. The number of rotatable bonds is 4. The normalized spacial score (nSPS) is 11.0. The number of benzene rings is 1. The number of nitrogens with one attached hydrogen (secondary N) is 1. The number of anilines is 1. The Morgan fingerprint density at radius 3 is 2.71 bits per heavy atom. The van der Waals surface area contributed by atoms with Crippen LogP contribution in [0.15, 0.2) is 18.2 Å². The van der Waals surface area contributed by atoms with Gasteiger partial charge in [0.25, 0.3) is 0 Å². The van der Waals surface area contributed by atoms with E-state index < -0.39 is 21.8 Å². The lowest BCUT2D eigenvalue weighted by molar-refractivity contribution is 0.0595. The first-order chi connectivity index (χ1) is 7.89. The van der Waals surface area contributed by atoms with Gasteiger partial charge < -0.3 is 4.74 Å². The number of carbonyl (C=O) groups excluding carboxylic acids is 1. The van der Waals surface area contributed by atoms with E-state index in [0.29, 0.717) is 0 Å². The van der Waals surface area contributed by atoms with Crippen LogP contribution in [-0.4, -0.2) is 26.2 Å². The minimum Gasteiger partial charge on any atom is -0.465 e. The molecule has 0 aromatic heterocycles. The fourth-order valence-corrected chi connectivity index (χ4v) is 1.95. The number of ether oxygens (including phenoxy) is 1. The Kier molecular flexibility index (Phi) is 4.47. The molecule has 0 aliphatic heterocycles. The molecule has 1 aromatic carbocycles. The molecule has 0 saturated carbocycles. The summed E-state index contributed by atoms with van der Waals surface area (Å²) >= 11 is 2.79. The van der Waals surface area contributed by atoms with Crippen LogP contribution in [0.1, 0.15) is 10.4 Å². The maximum Gasteiger partial charge on any atom is 0.340 e. The molecule has 0 amide bonds. The summed E-state index contributed by atoms with van der Waals surface area (Å²) in [6.45, 7) is 0. The average Bonchev–Trinajstić information content (AvgIpc) is 2.30. The fourth-order valence-electron chi connectivity index (χ4n) is 1.06. The van der Waals surface area contributed by atoms with Gasteiger partial charge in [0.2, 0.25) is 10.0 Å². The molecule has 0 heterocycles. The molecule has 17 heavy (non-hydrogen) atoms. The summed E-state index contributed by atoms with van der Waals surface area (Å²) < 4.78 is 41.9. The van der Waals surface area contributed by atoms with Gasteiger partial charge in [0.1, 0.15) is 10.5 Å². The highest BCUT2D eigenvalue weighted by Crippen LogP contribution is 2.17. The molecule has 0 atom stereocenters. The van der Waals surface area contributed by atoms with Crippen LogP contribution in [0, 0.1) is 5.82 Å². The summed E-state index contributed by atoms with van der Waals surface area (Å²) in [4.78, 5) is 11.2. The van der Waals surface area contributed by atoms with Crippen molar-refractivity contribution < 1.29 is 22.3 Å². The van der Waals surface area contributed by atoms with Gasteiger partial charge in [-0.25, -0.2) is 17.6 Å². The van der Waals surface area contributed by atoms with E-state index in [1.54, 1.807) is 0 Å². The minimum absolute atomic E-state index is 0.0891. The van der Waals surface area contributed by atoms with E-state index in [-0.39, 0.29) is 15.9 Å². The first kappa shape index (κ1) is 13.9. The lowest BCUT2D eigenvalue weighted by atomic mass is 10.2. The second-order valence-electron chi connectivity index (χ2n) is 3.01. The summed E-state index contributed by atoms with van der Waals surface area (Å²) in [5, 5.41) is 0. The standard InChI is InChI=1S/C9H9BrFNO4S/c1-16-9(13)7-4-6(2-3-8(7)11)12-17(14,15)5-10/h2-4,12H,5H2,1H3. The van der Waals surface area contributed by atoms with E-state index in [0.717, 1.165) is 19.2 Å². The quantitative estimate of drug-likeness (QED) is 0.675. The highest BCUT2D eigenvalue weighted by atomic mass is 79.9. The molecule has 0 spiro atoms. The van der Waals surface area contributed by atoms with Crippen molar-refractivity contribution in [3.8, 4) is 0 Å². The molecule has 0 bridgehead atoms. The molecule has 8 heteroatoms. The third-order valence-electron chi connectivity index (χ3n) is 1.79. The van der Waals surface area contributed by atoms with E-state index in [9.17, 15) is 17.6 Å². The average molecular weight is 326 g/mol. The number of alkyl halides is 1. The van der Waals surface area contributed by atoms with Crippen molar-refractivity contribution in [3.05, 3.63) is 29.6 Å². The number of halogens is 2. The molecule has 1 aromatic rings. The molecule has 0 aliphatic rings. The van der Waals surface area contributed by atoms with Crippen LogP contribution in [0.3, 0.4) is 0 Å². The zero-order chi connectivity index (χ0) is 13.1. The molecule has 0 unspecified atom stereocenters. The van der Waals surface area contributed by atoms with Crippen molar-refractivity contribution in [2.45, 2.75) is 0 Å². The van der Waals surface area contributed by atoms with Crippen molar-refractivity contribution in [1.29, 1.82) is 0 Å². The SMILES string of the molecule is COC(=O)c1cc(NS(=O)(=O)CBr)ccc1F. The number of hydrogen-bond acceptors (Lipinski definition) is 4. The van der Waals surface area contributed by atoms with Gasteiger partial charge in [0.15, 0.2) is 0 Å². The summed E-state index contributed by atoms with van der Waals surface area (Å²) in [6.07, 6.45) is 0. The predicted octanol–water partition coefficient (Wildman–Crippen LogP) is 1.71. The largest absolute Gasteiger partial charge is 0.465 e. The van der Waals surface area contributed by atoms with Crippen molar-refractivity contribution in [2.24, 2.45) is 0 Å². The van der Waals surface area contributed by atoms with Crippen LogP contribution < -0.4 is 4.72 Å². The van der Waals surface area contributed by atoms with Crippen LogP contribution in [0.4, 0.5) is 10.1 Å². The maximum absolute atomic E-state index is 13.2. The van der Waals surface area contributed by atoms with Gasteiger partial charge in [-0.15, -0.1) is 0 Å². The Morgan fingerprint density at radius 1 is 1.53 bits per heavy atom. The van der Waals surface area contributed by atoms with Crippen LogP contribution in [0.5, 0.6) is 0 Å². The lowest BCUT2D eigenvalue weighted by Gasteiger charge is -2.07. The minimum atomic E-state index is -3.54. The number of sulfonamides is 1. The monoisotopic (exact) mass is 325 g/mol. The van der Waals surface area contributed by atoms with E-state index in [2.05, 4.69) is 25.4 Å². The zero-order valence-corrected chi connectivity index (χ0v) is 11.1. The van der Waals surface area contributed by atoms with Crippen molar-refractivity contribution >= 4 is 37.6 Å². The van der Waals surface area contributed by atoms with Gasteiger partial charge in [0, 0.05) is 5.69 Å². The second-order valence-corrected chi connectivity index (χ2v) is 6.04. The molecule has 94 valence electrons. The second kappa shape index (κ2) is 5.46. The summed E-state index contributed by atoms with van der Waals surface area (Å²) in [7, 11) is -2.43. The Morgan fingerprint density at radius 2 is 2.18 bits per heavy atom. The van der Waals surface area contributed by atoms with Crippen LogP contribution >= 0.6 is 15.9 Å². The van der Waals surface area contributed by atoms with Crippen molar-refractivity contribution in [3.63, 3.8) is 0 Å². The molecule has 0 radical (unpaired) electrons. The van der Waals surface area contributed by atoms with E-state index in [1.807, 2.05) is 0 Å². The Balaban J connectivity index is 3.09. The molecule has 0 saturated heterocycles. The number of carbonyl (C=O) groups is 1. The lowest BCUT2D eigenvalue weighted by Crippen LogP contribution is -2.14. The van der Waals surface area contributed by atoms with Crippen molar-refractivity contribution in [1.82, 2.24) is 0 Å².